The van der Waals surface area contributed by atoms with Crippen LogP contribution in [-0.2, 0) is 20.8 Å². The van der Waals surface area contributed by atoms with Gasteiger partial charge in [-0.05, 0) is 104 Å². The maximum absolute atomic E-state index is 13.0. The fraction of sp³-hybridized carbons (Fsp3) is 0.308. The lowest BCUT2D eigenvalue weighted by Gasteiger charge is -2.18. The Morgan fingerprint density at radius 2 is 1.37 bits per heavy atom. The lowest BCUT2D eigenvalue weighted by molar-refractivity contribution is -0.143. The van der Waals surface area contributed by atoms with E-state index in [4.69, 9.17) is 9.97 Å². The van der Waals surface area contributed by atoms with E-state index < -0.39 is 18.0 Å². The van der Waals surface area contributed by atoms with Crippen molar-refractivity contribution in [3.8, 4) is 0 Å². The molecule has 3 aromatic heterocycles. The third-order valence-electron chi connectivity index (χ3n) is 9.48. The smallest absolute Gasteiger partial charge is 0.326 e. The molecule has 8 bridgehead atoms. The lowest BCUT2D eigenvalue weighted by atomic mass is 9.99. The van der Waals surface area contributed by atoms with Gasteiger partial charge in [0.2, 0.25) is 5.91 Å². The van der Waals surface area contributed by atoms with Crippen LogP contribution in [0.1, 0.15) is 92.0 Å². The molecule has 0 saturated heterocycles. The van der Waals surface area contributed by atoms with Gasteiger partial charge in [0.1, 0.15) is 6.04 Å². The van der Waals surface area contributed by atoms with E-state index in [2.05, 4.69) is 28.4 Å². The first-order valence-corrected chi connectivity index (χ1v) is 16.4. The van der Waals surface area contributed by atoms with E-state index in [0.717, 1.165) is 78.0 Å². The van der Waals surface area contributed by atoms with Crippen molar-refractivity contribution in [3.05, 3.63) is 88.5 Å². The summed E-state index contributed by atoms with van der Waals surface area (Å²) in [6.45, 7) is 19.6. The van der Waals surface area contributed by atoms with Crippen LogP contribution in [0.4, 0.5) is 0 Å². The summed E-state index contributed by atoms with van der Waals surface area (Å²) in [5, 5.41) is 21.8. The van der Waals surface area contributed by atoms with Gasteiger partial charge in [0.05, 0.1) is 22.8 Å². The molecule has 5 heterocycles. The van der Waals surface area contributed by atoms with Crippen molar-refractivity contribution in [2.45, 2.75) is 73.3 Å². The van der Waals surface area contributed by atoms with E-state index in [1.807, 2.05) is 58.0 Å². The normalized spacial score (nSPS) is 13.5. The van der Waals surface area contributed by atoms with Gasteiger partial charge in [-0.3, -0.25) is 9.59 Å². The predicted molar refractivity (Wildman–Crippen MR) is 195 cm³/mol. The Bertz CT molecular complexity index is 2140. The Morgan fingerprint density at radius 1 is 0.776 bits per heavy atom. The summed E-state index contributed by atoms with van der Waals surface area (Å²) >= 11 is 0. The van der Waals surface area contributed by atoms with Crippen LogP contribution in [0.25, 0.3) is 50.4 Å². The van der Waals surface area contributed by atoms with Crippen molar-refractivity contribution in [1.29, 1.82) is 0 Å². The van der Waals surface area contributed by atoms with Gasteiger partial charge in [0, 0.05) is 46.0 Å². The Balaban J connectivity index is 1.79. The summed E-state index contributed by atoms with van der Waals surface area (Å²) in [5.41, 5.74) is 13.4. The number of carboxylic acid groups (broad SMARTS) is 2. The lowest BCUT2D eigenvalue weighted by Crippen LogP contribution is -2.44. The van der Waals surface area contributed by atoms with Gasteiger partial charge in [-0.1, -0.05) is 39.2 Å². The Morgan fingerprint density at radius 3 is 2.00 bits per heavy atom. The molecule has 1 atom stereocenters. The highest BCUT2D eigenvalue weighted by Crippen LogP contribution is 2.36. The highest BCUT2D eigenvalue weighted by atomic mass is 16.4. The number of rotatable bonds is 11. The van der Waals surface area contributed by atoms with Crippen molar-refractivity contribution in [1.82, 2.24) is 25.3 Å². The molecule has 1 amide bonds. The number of aromatic amines is 2. The van der Waals surface area contributed by atoms with Crippen LogP contribution in [0.15, 0.2) is 43.5 Å². The SMILES string of the molecule is C=CC1=C(C)c2cc3[nH]c(cc4nc(cc5[nH]c(cc1n2)c(C)c5CCC(=O)O)C(CCC(=O)N[C@H](C(=O)O)C(C)C)=C4C)c(C)c3C=C. The van der Waals surface area contributed by atoms with Crippen LogP contribution in [0.3, 0.4) is 0 Å². The molecular formula is C39H43N5O5. The number of aliphatic carboxylic acids is 2. The molecular weight excluding hydrogens is 618 g/mol. The topological polar surface area (TPSA) is 161 Å². The van der Waals surface area contributed by atoms with E-state index >= 15 is 0 Å². The number of aromatic nitrogens is 4. The van der Waals surface area contributed by atoms with E-state index in [9.17, 15) is 24.6 Å². The highest BCUT2D eigenvalue weighted by molar-refractivity contribution is 5.98. The second-order valence-corrected chi connectivity index (χ2v) is 13.0. The first-order chi connectivity index (χ1) is 23.2. The van der Waals surface area contributed by atoms with E-state index in [-0.39, 0.29) is 24.7 Å². The Labute approximate surface area is 285 Å². The maximum atomic E-state index is 13.0. The van der Waals surface area contributed by atoms with Crippen molar-refractivity contribution >= 4 is 68.3 Å². The van der Waals surface area contributed by atoms with Gasteiger partial charge < -0.3 is 25.5 Å². The minimum Gasteiger partial charge on any atom is -0.481 e. The van der Waals surface area contributed by atoms with Crippen LogP contribution in [0.5, 0.6) is 0 Å². The van der Waals surface area contributed by atoms with Crippen molar-refractivity contribution < 1.29 is 24.6 Å². The molecule has 0 aliphatic carbocycles. The number of nitrogens with one attached hydrogen (secondary N) is 3. The number of nitrogens with zero attached hydrogens (tertiary/aromatic N) is 2. The van der Waals surface area contributed by atoms with Crippen LogP contribution in [-0.4, -0.2) is 54.0 Å². The number of hydrogen-bond acceptors (Lipinski definition) is 5. The summed E-state index contributed by atoms with van der Waals surface area (Å²) < 4.78 is 0. The third-order valence-corrected chi connectivity index (χ3v) is 9.48. The van der Waals surface area contributed by atoms with Gasteiger partial charge in [0.15, 0.2) is 0 Å². The van der Waals surface area contributed by atoms with E-state index in [1.165, 1.54) is 0 Å². The molecule has 0 unspecified atom stereocenters. The summed E-state index contributed by atoms with van der Waals surface area (Å²) in [5.74, 6) is -2.61. The maximum Gasteiger partial charge on any atom is 0.326 e. The number of aryl methyl sites for hydroxylation is 3. The van der Waals surface area contributed by atoms with E-state index in [1.54, 1.807) is 19.9 Å². The number of amides is 1. The molecule has 254 valence electrons. The molecule has 10 nitrogen and oxygen atoms in total. The molecule has 2 aliphatic heterocycles. The van der Waals surface area contributed by atoms with Crippen molar-refractivity contribution in [2.75, 3.05) is 0 Å². The number of carbonyl (C=O) groups is 3. The van der Waals surface area contributed by atoms with Crippen LogP contribution in [0.2, 0.25) is 0 Å². The van der Waals surface area contributed by atoms with Crippen LogP contribution in [0, 0.1) is 19.8 Å². The number of hydrogen-bond donors (Lipinski definition) is 5. The average Bonchev–Trinajstić information content (AvgIpc) is 3.70. The molecule has 0 aromatic carbocycles. The minimum absolute atomic E-state index is 0.0519. The number of carboxylic acids is 2. The zero-order valence-corrected chi connectivity index (χ0v) is 28.9. The molecule has 5 rings (SSSR count). The molecule has 0 saturated carbocycles. The molecule has 2 aliphatic rings. The fourth-order valence-electron chi connectivity index (χ4n) is 6.53. The Kier molecular flexibility index (Phi) is 9.89. The summed E-state index contributed by atoms with van der Waals surface area (Å²) in [4.78, 5) is 53.5. The van der Waals surface area contributed by atoms with Gasteiger partial charge in [-0.25, -0.2) is 14.8 Å². The van der Waals surface area contributed by atoms with Gasteiger partial charge in [-0.15, -0.1) is 0 Å². The molecule has 5 N–H and O–H groups in total. The quantitative estimate of drug-likeness (QED) is 0.141. The first-order valence-electron chi connectivity index (χ1n) is 16.4. The monoisotopic (exact) mass is 661 g/mol. The van der Waals surface area contributed by atoms with Crippen LogP contribution >= 0.6 is 0 Å². The number of fused-ring (bicyclic) bond motifs is 8. The second kappa shape index (κ2) is 13.9. The number of allylic oxidation sites excluding steroid dienone is 5. The zero-order chi connectivity index (χ0) is 35.7. The number of H-pyrrole nitrogens is 2. The van der Waals surface area contributed by atoms with Crippen LogP contribution < -0.4 is 5.32 Å². The molecule has 0 spiro atoms. The van der Waals surface area contributed by atoms with Gasteiger partial charge in [0.25, 0.3) is 0 Å². The Hall–Kier alpha value is -5.51. The fourth-order valence-corrected chi connectivity index (χ4v) is 6.53. The standard InChI is InChI=1S/C39H43N5O5/c1-9-24-20(5)28-15-29-22(7)26(11-13-36(45)44-38(19(3)4)39(48)49)34(42-29)18-35-27(12-14-37(46)47)23(8)31(43-35)17-33-25(10-2)21(6)30(41-33)16-32(24)40-28/h9-10,15-19,38,40,43H,1-2,11-14H2,3-8H3,(H,44,45)(H,46,47)(H,48,49)/t38-/m0/s1. The number of carbonyl (C=O) groups excluding carboxylic acids is 1. The van der Waals surface area contributed by atoms with Gasteiger partial charge in [-0.2, -0.15) is 0 Å². The third kappa shape index (κ3) is 6.90. The predicted octanol–water partition coefficient (Wildman–Crippen LogP) is 7.64. The summed E-state index contributed by atoms with van der Waals surface area (Å²) in [7, 11) is 0. The molecule has 10 heteroatoms. The molecule has 0 radical (unpaired) electrons. The second-order valence-electron chi connectivity index (χ2n) is 13.0. The molecule has 0 fully saturated rings. The van der Waals surface area contributed by atoms with Crippen molar-refractivity contribution in [3.63, 3.8) is 0 Å². The molecule has 3 aromatic rings. The first kappa shape index (κ1) is 34.8. The summed E-state index contributed by atoms with van der Waals surface area (Å²) in [6, 6.07) is 6.88. The molecule has 49 heavy (non-hydrogen) atoms. The van der Waals surface area contributed by atoms with E-state index in [0.29, 0.717) is 24.2 Å². The average molecular weight is 662 g/mol. The highest BCUT2D eigenvalue weighted by Gasteiger charge is 2.25. The zero-order valence-electron chi connectivity index (χ0n) is 28.9. The van der Waals surface area contributed by atoms with Gasteiger partial charge >= 0.3 is 11.9 Å². The minimum atomic E-state index is -1.08. The largest absolute Gasteiger partial charge is 0.481 e. The summed E-state index contributed by atoms with van der Waals surface area (Å²) in [6.07, 6.45) is 4.25. The van der Waals surface area contributed by atoms with Crippen molar-refractivity contribution in [2.24, 2.45) is 5.92 Å².